The first-order valence-corrected chi connectivity index (χ1v) is 4.88. The van der Waals surface area contributed by atoms with Crippen LogP contribution in [0.3, 0.4) is 0 Å². The Balaban J connectivity index is 2.25. The number of benzene rings is 1. The molecule has 0 unspecified atom stereocenters. The molecule has 0 amide bonds. The van der Waals surface area contributed by atoms with Crippen molar-refractivity contribution in [3.63, 3.8) is 0 Å². The maximum absolute atomic E-state index is 12.4. The van der Waals surface area contributed by atoms with Crippen LogP contribution in [0.4, 0.5) is 18.9 Å². The minimum Gasteiger partial charge on any atom is -0.372 e. The molecule has 4 heteroatoms. The van der Waals surface area contributed by atoms with Gasteiger partial charge in [-0.15, -0.1) is 0 Å². The van der Waals surface area contributed by atoms with Crippen LogP contribution >= 0.6 is 0 Å². The predicted octanol–water partition coefficient (Wildman–Crippen LogP) is 3.30. The lowest BCUT2D eigenvalue weighted by Gasteiger charge is -2.19. The van der Waals surface area contributed by atoms with Gasteiger partial charge in [-0.3, -0.25) is 0 Å². The van der Waals surface area contributed by atoms with Gasteiger partial charge in [0, 0.05) is 18.8 Å². The summed E-state index contributed by atoms with van der Waals surface area (Å²) < 4.78 is 37.3. The van der Waals surface area contributed by atoms with Crippen molar-refractivity contribution >= 4 is 5.69 Å². The zero-order chi connectivity index (χ0) is 11.1. The van der Waals surface area contributed by atoms with Crippen molar-refractivity contribution in [2.75, 3.05) is 11.9 Å². The summed E-state index contributed by atoms with van der Waals surface area (Å²) in [5.74, 6) is 0. The minimum absolute atomic E-state index is 0.425. The second-order valence-electron chi connectivity index (χ2n) is 3.89. The number of alkyl halides is 3. The third-order valence-electron chi connectivity index (χ3n) is 2.68. The predicted molar refractivity (Wildman–Crippen MR) is 52.9 cm³/mol. The van der Waals surface area contributed by atoms with Crippen molar-refractivity contribution in [3.8, 4) is 0 Å². The summed E-state index contributed by atoms with van der Waals surface area (Å²) >= 11 is 0. The van der Waals surface area contributed by atoms with E-state index in [-0.39, 0.29) is 0 Å². The minimum atomic E-state index is -4.25. The van der Waals surface area contributed by atoms with Crippen molar-refractivity contribution < 1.29 is 13.2 Å². The maximum atomic E-state index is 12.4. The number of halogens is 3. The Kier molecular flexibility index (Phi) is 2.37. The van der Waals surface area contributed by atoms with Gasteiger partial charge in [0.05, 0.1) is 5.56 Å². The molecule has 0 heterocycles. The first-order valence-electron chi connectivity index (χ1n) is 4.88. The molecule has 1 saturated carbocycles. The number of rotatable bonds is 2. The van der Waals surface area contributed by atoms with Gasteiger partial charge in [0.25, 0.3) is 0 Å². The van der Waals surface area contributed by atoms with Crippen LogP contribution in [0.25, 0.3) is 0 Å². The van der Waals surface area contributed by atoms with Gasteiger partial charge in [0.15, 0.2) is 0 Å². The third kappa shape index (κ3) is 2.25. The van der Waals surface area contributed by atoms with Crippen LogP contribution in [0.15, 0.2) is 24.3 Å². The van der Waals surface area contributed by atoms with Gasteiger partial charge in [-0.2, -0.15) is 13.2 Å². The molecule has 0 saturated heterocycles. The van der Waals surface area contributed by atoms with E-state index in [0.717, 1.165) is 18.9 Å². The molecule has 15 heavy (non-hydrogen) atoms. The Bertz CT molecular complexity index is 355. The van der Waals surface area contributed by atoms with E-state index in [1.54, 1.807) is 6.07 Å². The normalized spacial score (nSPS) is 16.5. The van der Waals surface area contributed by atoms with Crippen LogP contribution in [0.1, 0.15) is 18.4 Å². The van der Waals surface area contributed by atoms with E-state index < -0.39 is 11.7 Å². The Morgan fingerprint density at radius 2 is 1.93 bits per heavy atom. The van der Waals surface area contributed by atoms with Crippen LogP contribution in [-0.4, -0.2) is 13.1 Å². The van der Waals surface area contributed by atoms with E-state index in [1.165, 1.54) is 12.1 Å². The summed E-state index contributed by atoms with van der Waals surface area (Å²) in [6.45, 7) is 0. The number of hydrogen-bond acceptors (Lipinski definition) is 1. The van der Waals surface area contributed by atoms with Gasteiger partial charge >= 0.3 is 6.18 Å². The maximum Gasteiger partial charge on any atom is 0.416 e. The van der Waals surface area contributed by atoms with Crippen molar-refractivity contribution in [1.82, 2.24) is 0 Å². The molecule has 0 N–H and O–H groups in total. The highest BCUT2D eigenvalue weighted by Gasteiger charge is 2.32. The summed E-state index contributed by atoms with van der Waals surface area (Å²) in [5, 5.41) is 0. The van der Waals surface area contributed by atoms with Gasteiger partial charge in [-0.1, -0.05) is 6.07 Å². The molecule has 0 bridgehead atoms. The van der Waals surface area contributed by atoms with Crippen LogP contribution in [0.5, 0.6) is 0 Å². The Morgan fingerprint density at radius 3 is 2.47 bits per heavy atom. The van der Waals surface area contributed by atoms with Gasteiger partial charge in [-0.05, 0) is 31.0 Å². The lowest BCUT2D eigenvalue weighted by molar-refractivity contribution is -0.137. The second kappa shape index (κ2) is 3.43. The summed E-state index contributed by atoms with van der Waals surface area (Å²) in [5.41, 5.74) is 0.0693. The molecule has 1 fully saturated rings. The van der Waals surface area contributed by atoms with Crippen molar-refractivity contribution in [3.05, 3.63) is 29.8 Å². The van der Waals surface area contributed by atoms with Gasteiger partial charge in [0.1, 0.15) is 0 Å². The second-order valence-corrected chi connectivity index (χ2v) is 3.89. The summed E-state index contributed by atoms with van der Waals surface area (Å²) in [6.07, 6.45) is -2.10. The zero-order valence-electron chi connectivity index (χ0n) is 8.38. The van der Waals surface area contributed by atoms with E-state index >= 15 is 0 Å². The fourth-order valence-electron chi connectivity index (χ4n) is 1.57. The molecule has 1 aliphatic rings. The Labute approximate surface area is 86.5 Å². The molecule has 0 aliphatic heterocycles. The topological polar surface area (TPSA) is 3.24 Å². The molecule has 0 aromatic heterocycles. The van der Waals surface area contributed by atoms with Crippen LogP contribution in [0.2, 0.25) is 0 Å². The Hall–Kier alpha value is -1.19. The molecule has 82 valence electrons. The highest BCUT2D eigenvalue weighted by molar-refractivity contribution is 5.50. The summed E-state index contributed by atoms with van der Waals surface area (Å²) in [4.78, 5) is 1.91. The van der Waals surface area contributed by atoms with E-state index in [0.29, 0.717) is 11.7 Å². The van der Waals surface area contributed by atoms with Gasteiger partial charge < -0.3 is 4.90 Å². The molecule has 1 nitrogen and oxygen atoms in total. The highest BCUT2D eigenvalue weighted by Crippen LogP contribution is 2.34. The fourth-order valence-corrected chi connectivity index (χ4v) is 1.57. The smallest absolute Gasteiger partial charge is 0.372 e. The van der Waals surface area contributed by atoms with Crippen molar-refractivity contribution in [1.29, 1.82) is 0 Å². The monoisotopic (exact) mass is 215 g/mol. The SMILES string of the molecule is CN(c1cccc(C(F)(F)F)c1)C1CC1. The van der Waals surface area contributed by atoms with Crippen LogP contribution < -0.4 is 4.90 Å². The van der Waals surface area contributed by atoms with E-state index in [1.807, 2.05) is 11.9 Å². The lowest BCUT2D eigenvalue weighted by atomic mass is 10.2. The average molecular weight is 215 g/mol. The summed E-state index contributed by atoms with van der Waals surface area (Å²) in [7, 11) is 1.84. The van der Waals surface area contributed by atoms with Gasteiger partial charge in [0.2, 0.25) is 0 Å². The Morgan fingerprint density at radius 1 is 1.27 bits per heavy atom. The molecule has 2 rings (SSSR count). The molecular formula is C11H12F3N. The molecule has 1 aromatic rings. The number of anilines is 1. The van der Waals surface area contributed by atoms with Crippen molar-refractivity contribution in [2.45, 2.75) is 25.1 Å². The molecule has 0 atom stereocenters. The van der Waals surface area contributed by atoms with Crippen molar-refractivity contribution in [2.24, 2.45) is 0 Å². The first kappa shape index (κ1) is 10.3. The standard InChI is InChI=1S/C11H12F3N/c1-15(9-5-6-9)10-4-2-3-8(7-10)11(12,13)14/h2-4,7,9H,5-6H2,1H3. The van der Waals surface area contributed by atoms with E-state index in [9.17, 15) is 13.2 Å². The molecular weight excluding hydrogens is 203 g/mol. The highest BCUT2D eigenvalue weighted by atomic mass is 19.4. The van der Waals surface area contributed by atoms with Gasteiger partial charge in [-0.25, -0.2) is 0 Å². The largest absolute Gasteiger partial charge is 0.416 e. The van der Waals surface area contributed by atoms with E-state index in [2.05, 4.69) is 0 Å². The lowest BCUT2D eigenvalue weighted by Crippen LogP contribution is -2.19. The van der Waals surface area contributed by atoms with Crippen LogP contribution in [0, 0.1) is 0 Å². The van der Waals surface area contributed by atoms with E-state index in [4.69, 9.17) is 0 Å². The number of hydrogen-bond donors (Lipinski definition) is 0. The third-order valence-corrected chi connectivity index (χ3v) is 2.68. The summed E-state index contributed by atoms with van der Waals surface area (Å²) in [6, 6.07) is 5.90. The molecule has 0 radical (unpaired) electrons. The fraction of sp³-hybridized carbons (Fsp3) is 0.455. The molecule has 0 spiro atoms. The molecule has 1 aliphatic carbocycles. The quantitative estimate of drug-likeness (QED) is 0.731. The first-order chi connectivity index (χ1) is 6.98. The number of nitrogens with zero attached hydrogens (tertiary/aromatic N) is 1. The average Bonchev–Trinajstić information content (AvgIpc) is 2.99. The van der Waals surface area contributed by atoms with Crippen LogP contribution in [-0.2, 0) is 6.18 Å². The zero-order valence-corrected chi connectivity index (χ0v) is 8.38. The molecule has 1 aromatic carbocycles.